The minimum absolute atomic E-state index is 0.0320. The zero-order valence-corrected chi connectivity index (χ0v) is 21.1. The van der Waals surface area contributed by atoms with Crippen LogP contribution in [-0.4, -0.2) is 49.5 Å². The van der Waals surface area contributed by atoms with E-state index >= 15 is 0 Å². The number of primary sulfonamides is 1. The Morgan fingerprint density at radius 3 is 2.66 bits per heavy atom. The first-order valence-electron chi connectivity index (χ1n) is 11.2. The third-order valence-electron chi connectivity index (χ3n) is 5.35. The van der Waals surface area contributed by atoms with Gasteiger partial charge in [-0.2, -0.15) is 0 Å². The van der Waals surface area contributed by atoms with E-state index in [9.17, 15) is 13.2 Å². The highest BCUT2D eigenvalue weighted by Gasteiger charge is 2.18. The predicted octanol–water partition coefficient (Wildman–Crippen LogP) is 2.87. The van der Waals surface area contributed by atoms with Gasteiger partial charge in [0.1, 0.15) is 11.4 Å². The smallest absolute Gasteiger partial charge is 0.270 e. The Bertz CT molecular complexity index is 1290. The first-order chi connectivity index (χ1) is 16.7. The minimum atomic E-state index is -3.88. The monoisotopic (exact) mass is 516 g/mol. The van der Waals surface area contributed by atoms with Gasteiger partial charge in [-0.1, -0.05) is 0 Å². The van der Waals surface area contributed by atoms with Gasteiger partial charge < -0.3 is 20.7 Å². The molecular weight excluding hydrogens is 488 g/mol. The highest BCUT2D eigenvalue weighted by Crippen LogP contribution is 2.33. The van der Waals surface area contributed by atoms with Crippen LogP contribution in [0.2, 0.25) is 0 Å². The summed E-state index contributed by atoms with van der Waals surface area (Å²) >= 11 is 1.34. The predicted molar refractivity (Wildman–Crippen MR) is 136 cm³/mol. The summed E-state index contributed by atoms with van der Waals surface area (Å²) in [6, 6.07) is 8.04. The highest BCUT2D eigenvalue weighted by atomic mass is 32.2. The standard InChI is InChI=1S/C23H28N6O4S2/c1-14(2)33-21-6-4-17(35(24,31)32)11-19(21)28-23-29-20(13-34-23)15-3-5-18(26-12-15)22(30)27-16-7-9-25-10-8-16/h3-6,11-14,16,25H,7-10H2,1-2H3,(H,27,30)(H,28,29)(H2,24,31,32). The summed E-state index contributed by atoms with van der Waals surface area (Å²) < 4.78 is 29.4. The molecule has 5 N–H and O–H groups in total. The van der Waals surface area contributed by atoms with E-state index in [1.807, 2.05) is 19.2 Å². The molecule has 1 aromatic carbocycles. The summed E-state index contributed by atoms with van der Waals surface area (Å²) in [7, 11) is -3.88. The normalized spacial score (nSPS) is 14.6. The first-order valence-corrected chi connectivity index (χ1v) is 13.7. The van der Waals surface area contributed by atoms with Crippen LogP contribution in [0.4, 0.5) is 10.8 Å². The molecule has 10 nitrogen and oxygen atoms in total. The lowest BCUT2D eigenvalue weighted by molar-refractivity contribution is 0.0924. The van der Waals surface area contributed by atoms with Gasteiger partial charge in [-0.05, 0) is 70.1 Å². The zero-order valence-electron chi connectivity index (χ0n) is 19.4. The molecule has 2 aromatic heterocycles. The van der Waals surface area contributed by atoms with Gasteiger partial charge in [0.25, 0.3) is 5.91 Å². The first kappa shape index (κ1) is 25.0. The van der Waals surface area contributed by atoms with Gasteiger partial charge in [0.05, 0.1) is 22.4 Å². The Morgan fingerprint density at radius 1 is 1.23 bits per heavy atom. The number of nitrogens with one attached hydrogen (secondary N) is 3. The number of hydrogen-bond donors (Lipinski definition) is 4. The highest BCUT2D eigenvalue weighted by molar-refractivity contribution is 7.89. The number of pyridine rings is 1. The Kier molecular flexibility index (Phi) is 7.65. The van der Waals surface area contributed by atoms with Crippen molar-refractivity contribution in [2.45, 2.75) is 43.7 Å². The van der Waals surface area contributed by atoms with E-state index in [1.54, 1.807) is 24.4 Å². The number of anilines is 2. The van der Waals surface area contributed by atoms with Gasteiger partial charge in [-0.15, -0.1) is 11.3 Å². The van der Waals surface area contributed by atoms with Crippen LogP contribution in [0.1, 0.15) is 37.2 Å². The molecule has 0 radical (unpaired) electrons. The second-order valence-electron chi connectivity index (χ2n) is 8.46. The number of nitrogens with two attached hydrogens (primary N) is 1. The van der Waals surface area contributed by atoms with Crippen LogP contribution in [-0.2, 0) is 10.0 Å². The minimum Gasteiger partial charge on any atom is -0.489 e. The summed E-state index contributed by atoms with van der Waals surface area (Å²) in [5.41, 5.74) is 2.22. The molecule has 0 spiro atoms. The number of ether oxygens (including phenoxy) is 1. The molecule has 12 heteroatoms. The van der Waals surface area contributed by atoms with Crippen molar-refractivity contribution in [1.82, 2.24) is 20.6 Å². The van der Waals surface area contributed by atoms with Gasteiger partial charge in [-0.3, -0.25) is 9.78 Å². The van der Waals surface area contributed by atoms with E-state index < -0.39 is 10.0 Å². The number of piperidine rings is 1. The molecule has 3 heterocycles. The molecule has 1 aliphatic heterocycles. The molecule has 1 fully saturated rings. The average Bonchev–Trinajstić information content (AvgIpc) is 3.28. The van der Waals surface area contributed by atoms with Crippen molar-refractivity contribution in [3.63, 3.8) is 0 Å². The van der Waals surface area contributed by atoms with E-state index in [2.05, 4.69) is 25.9 Å². The second kappa shape index (κ2) is 10.7. The molecule has 0 unspecified atom stereocenters. The molecule has 3 aromatic rings. The van der Waals surface area contributed by atoms with Crippen LogP contribution < -0.4 is 25.8 Å². The summed E-state index contributed by atoms with van der Waals surface area (Å²) in [4.78, 5) is 21.4. The van der Waals surface area contributed by atoms with Crippen LogP contribution in [0.3, 0.4) is 0 Å². The van der Waals surface area contributed by atoms with E-state index in [0.29, 0.717) is 28.0 Å². The van der Waals surface area contributed by atoms with Crippen LogP contribution >= 0.6 is 11.3 Å². The van der Waals surface area contributed by atoms with Crippen molar-refractivity contribution in [3.8, 4) is 17.0 Å². The summed E-state index contributed by atoms with van der Waals surface area (Å²) in [5, 5.41) is 17.1. The Hall–Kier alpha value is -3.06. The lowest BCUT2D eigenvalue weighted by Crippen LogP contribution is -2.42. The molecule has 0 bridgehead atoms. The quantitative estimate of drug-likeness (QED) is 0.357. The molecule has 35 heavy (non-hydrogen) atoms. The number of aromatic nitrogens is 2. The molecule has 186 valence electrons. The van der Waals surface area contributed by atoms with Gasteiger partial charge in [-0.25, -0.2) is 18.5 Å². The van der Waals surface area contributed by atoms with E-state index in [0.717, 1.165) is 31.5 Å². The lowest BCUT2D eigenvalue weighted by Gasteiger charge is -2.23. The van der Waals surface area contributed by atoms with Crippen molar-refractivity contribution < 1.29 is 17.9 Å². The number of sulfonamides is 1. The molecule has 4 rings (SSSR count). The number of carbonyl (C=O) groups excluding carboxylic acids is 1. The van der Waals surface area contributed by atoms with Gasteiger partial charge in [0, 0.05) is 23.2 Å². The van der Waals surface area contributed by atoms with Gasteiger partial charge in [0.15, 0.2) is 5.13 Å². The summed E-state index contributed by atoms with van der Waals surface area (Å²) in [6.45, 7) is 5.55. The van der Waals surface area contributed by atoms with Crippen LogP contribution in [0.25, 0.3) is 11.3 Å². The molecule has 1 aliphatic rings. The van der Waals surface area contributed by atoms with Crippen LogP contribution in [0.15, 0.2) is 46.8 Å². The fourth-order valence-electron chi connectivity index (χ4n) is 3.62. The third kappa shape index (κ3) is 6.54. The molecule has 0 saturated carbocycles. The Morgan fingerprint density at radius 2 is 2.00 bits per heavy atom. The van der Waals surface area contributed by atoms with Crippen molar-refractivity contribution in [3.05, 3.63) is 47.6 Å². The number of hydrogen-bond acceptors (Lipinski definition) is 9. The fraction of sp³-hybridized carbons (Fsp3) is 0.348. The fourth-order valence-corrected chi connectivity index (χ4v) is 4.90. The maximum atomic E-state index is 12.5. The van der Waals surface area contributed by atoms with Gasteiger partial charge >= 0.3 is 0 Å². The van der Waals surface area contributed by atoms with E-state index in [4.69, 9.17) is 9.88 Å². The molecule has 1 amide bonds. The Balaban J connectivity index is 1.49. The van der Waals surface area contributed by atoms with Gasteiger partial charge in [0.2, 0.25) is 10.0 Å². The van der Waals surface area contributed by atoms with Crippen LogP contribution in [0, 0.1) is 0 Å². The number of thiazole rings is 1. The zero-order chi connectivity index (χ0) is 25.0. The summed E-state index contributed by atoms with van der Waals surface area (Å²) in [5.74, 6) is 0.298. The van der Waals surface area contributed by atoms with Crippen molar-refractivity contribution in [2.24, 2.45) is 5.14 Å². The lowest BCUT2D eigenvalue weighted by atomic mass is 10.1. The SMILES string of the molecule is CC(C)Oc1ccc(S(N)(=O)=O)cc1Nc1nc(-c2ccc(C(=O)NC3CCNCC3)nc2)cs1. The number of carbonyl (C=O) groups is 1. The third-order valence-corrected chi connectivity index (χ3v) is 7.02. The Labute approximate surface area is 208 Å². The largest absolute Gasteiger partial charge is 0.489 e. The second-order valence-corrected chi connectivity index (χ2v) is 10.9. The van der Waals surface area contributed by atoms with Crippen LogP contribution in [0.5, 0.6) is 5.75 Å². The number of amides is 1. The molecule has 1 saturated heterocycles. The van der Waals surface area contributed by atoms with E-state index in [-0.39, 0.29) is 22.9 Å². The molecular formula is C23H28N6O4S2. The number of nitrogens with zero attached hydrogens (tertiary/aromatic N) is 2. The number of rotatable bonds is 8. The number of benzene rings is 1. The van der Waals surface area contributed by atoms with Crippen molar-refractivity contribution in [1.29, 1.82) is 0 Å². The average molecular weight is 517 g/mol. The van der Waals surface area contributed by atoms with Crippen molar-refractivity contribution >= 4 is 38.1 Å². The molecule has 0 atom stereocenters. The maximum absolute atomic E-state index is 12.5. The molecule has 0 aliphatic carbocycles. The van der Waals surface area contributed by atoms with Crippen molar-refractivity contribution in [2.75, 3.05) is 18.4 Å². The topological polar surface area (TPSA) is 148 Å². The van der Waals surface area contributed by atoms with E-state index in [1.165, 1.54) is 23.5 Å². The maximum Gasteiger partial charge on any atom is 0.270 e. The summed E-state index contributed by atoms with van der Waals surface area (Å²) in [6.07, 6.45) is 3.31.